The van der Waals surface area contributed by atoms with E-state index in [1.165, 1.54) is 0 Å². The lowest BCUT2D eigenvalue weighted by atomic mass is 9.98. The highest BCUT2D eigenvalue weighted by Gasteiger charge is 2.35. The first-order valence-corrected chi connectivity index (χ1v) is 6.94. The van der Waals surface area contributed by atoms with Crippen molar-refractivity contribution in [2.75, 3.05) is 13.3 Å². The van der Waals surface area contributed by atoms with E-state index < -0.39 is 11.9 Å². The molecule has 6 nitrogen and oxygen atoms in total. The number of carboxylic acids is 1. The highest BCUT2D eigenvalue weighted by molar-refractivity contribution is 9.10. The van der Waals surface area contributed by atoms with E-state index in [2.05, 4.69) is 21.2 Å². The van der Waals surface area contributed by atoms with E-state index in [4.69, 9.17) is 14.6 Å². The maximum Gasteiger partial charge on any atom is 0.307 e. The van der Waals surface area contributed by atoms with Crippen LogP contribution in [0, 0.1) is 5.92 Å². The maximum absolute atomic E-state index is 11.0. The van der Waals surface area contributed by atoms with Gasteiger partial charge in [0.1, 0.15) is 0 Å². The molecule has 2 N–H and O–H groups in total. The van der Waals surface area contributed by atoms with Gasteiger partial charge in [0.2, 0.25) is 6.79 Å². The number of carbonyl (C=O) groups is 2. The Labute approximate surface area is 123 Å². The molecule has 0 spiro atoms. The second-order valence-corrected chi connectivity index (χ2v) is 5.63. The average molecular weight is 342 g/mol. The number of fused-ring (bicyclic) bond motifs is 1. The molecule has 0 amide bonds. The summed E-state index contributed by atoms with van der Waals surface area (Å²) < 4.78 is 11.5. The minimum atomic E-state index is -0.811. The number of hydrogen-bond acceptors (Lipinski definition) is 5. The van der Waals surface area contributed by atoms with Crippen molar-refractivity contribution in [3.8, 4) is 11.5 Å². The van der Waals surface area contributed by atoms with Crippen molar-refractivity contribution in [3.63, 3.8) is 0 Å². The molecule has 0 aromatic heterocycles. The maximum atomic E-state index is 11.0. The Morgan fingerprint density at radius 3 is 2.85 bits per heavy atom. The number of aldehydes is 1. The Morgan fingerprint density at radius 2 is 2.20 bits per heavy atom. The van der Waals surface area contributed by atoms with Gasteiger partial charge in [-0.15, -0.1) is 0 Å². The van der Waals surface area contributed by atoms with Gasteiger partial charge in [0, 0.05) is 22.6 Å². The number of hydrogen-bond donors (Lipinski definition) is 2. The van der Waals surface area contributed by atoms with Crippen LogP contribution in [0.4, 0.5) is 0 Å². The van der Waals surface area contributed by atoms with Crippen molar-refractivity contribution in [3.05, 3.63) is 21.7 Å². The normalized spacial score (nSPS) is 23.9. The Hall–Kier alpha value is -1.60. The highest BCUT2D eigenvalue weighted by Crippen LogP contribution is 2.47. The van der Waals surface area contributed by atoms with E-state index in [1.807, 2.05) is 0 Å². The van der Waals surface area contributed by atoms with E-state index in [0.29, 0.717) is 40.8 Å². The summed E-state index contributed by atoms with van der Waals surface area (Å²) in [5.74, 6) is -0.283. The van der Waals surface area contributed by atoms with Crippen LogP contribution in [0.5, 0.6) is 11.5 Å². The van der Waals surface area contributed by atoms with Crippen LogP contribution in [0.25, 0.3) is 0 Å². The van der Waals surface area contributed by atoms with Crippen LogP contribution in [-0.4, -0.2) is 30.7 Å². The SMILES string of the molecule is O=Cc1cc(Br)c(C2CC(C(=O)O)CN2)c2c1OCO2. The molecule has 1 aromatic rings. The van der Waals surface area contributed by atoms with Gasteiger partial charge in [0.25, 0.3) is 0 Å². The monoisotopic (exact) mass is 341 g/mol. The fraction of sp³-hybridized carbons (Fsp3) is 0.385. The van der Waals surface area contributed by atoms with Crippen molar-refractivity contribution >= 4 is 28.2 Å². The van der Waals surface area contributed by atoms with Gasteiger partial charge in [-0.2, -0.15) is 0 Å². The Kier molecular flexibility index (Phi) is 3.39. The number of halogens is 1. The summed E-state index contributed by atoms with van der Waals surface area (Å²) in [6.07, 6.45) is 1.19. The molecular weight excluding hydrogens is 330 g/mol. The molecule has 2 atom stereocenters. The number of benzene rings is 1. The van der Waals surface area contributed by atoms with Crippen LogP contribution in [0.3, 0.4) is 0 Å². The zero-order valence-electron chi connectivity index (χ0n) is 10.4. The summed E-state index contributed by atoms with van der Waals surface area (Å²) >= 11 is 3.43. The summed E-state index contributed by atoms with van der Waals surface area (Å²) in [6, 6.07) is 1.53. The zero-order chi connectivity index (χ0) is 14.3. The molecule has 0 radical (unpaired) electrons. The molecule has 2 unspecified atom stereocenters. The summed E-state index contributed by atoms with van der Waals surface area (Å²) in [4.78, 5) is 22.1. The molecular formula is C13H12BrNO5. The predicted octanol–water partition coefficient (Wildman–Crippen LogP) is 1.73. The number of carbonyl (C=O) groups excluding carboxylic acids is 1. The van der Waals surface area contributed by atoms with Crippen molar-refractivity contribution in [1.29, 1.82) is 0 Å². The van der Waals surface area contributed by atoms with Gasteiger partial charge < -0.3 is 19.9 Å². The molecule has 3 rings (SSSR count). The Bertz CT molecular complexity index is 589. The average Bonchev–Trinajstić information content (AvgIpc) is 3.06. The minimum absolute atomic E-state index is 0.0642. The lowest BCUT2D eigenvalue weighted by molar-refractivity contribution is -0.141. The molecule has 20 heavy (non-hydrogen) atoms. The second kappa shape index (κ2) is 5.06. The third-order valence-electron chi connectivity index (χ3n) is 3.61. The third kappa shape index (κ3) is 2.06. The standard InChI is InChI=1S/C13H12BrNO5/c14-8-1-7(4-16)11-12(20-5-19-11)10(8)9-2-6(3-15-9)13(17)18/h1,4,6,9,15H,2-3,5H2,(H,17,18). The third-order valence-corrected chi connectivity index (χ3v) is 4.27. The highest BCUT2D eigenvalue weighted by atomic mass is 79.9. The van der Waals surface area contributed by atoms with Crippen LogP contribution < -0.4 is 14.8 Å². The zero-order valence-corrected chi connectivity index (χ0v) is 12.0. The fourth-order valence-electron chi connectivity index (χ4n) is 2.64. The van der Waals surface area contributed by atoms with Gasteiger partial charge in [0.05, 0.1) is 11.5 Å². The van der Waals surface area contributed by atoms with Gasteiger partial charge in [-0.1, -0.05) is 15.9 Å². The van der Waals surface area contributed by atoms with E-state index in [0.717, 1.165) is 5.56 Å². The van der Waals surface area contributed by atoms with Crippen molar-refractivity contribution in [2.24, 2.45) is 5.92 Å². The fourth-order valence-corrected chi connectivity index (χ4v) is 3.34. The predicted molar refractivity (Wildman–Crippen MR) is 72.1 cm³/mol. The first-order valence-electron chi connectivity index (χ1n) is 6.15. The summed E-state index contributed by atoms with van der Waals surface area (Å²) in [5.41, 5.74) is 1.23. The molecule has 1 saturated heterocycles. The van der Waals surface area contributed by atoms with Crippen LogP contribution in [0.1, 0.15) is 28.4 Å². The van der Waals surface area contributed by atoms with Crippen molar-refractivity contribution in [2.45, 2.75) is 12.5 Å². The number of ether oxygens (including phenoxy) is 2. The molecule has 7 heteroatoms. The number of nitrogens with one attached hydrogen (secondary N) is 1. The molecule has 1 fully saturated rings. The van der Waals surface area contributed by atoms with Crippen molar-refractivity contribution < 1.29 is 24.2 Å². The first-order chi connectivity index (χ1) is 9.61. The van der Waals surface area contributed by atoms with Crippen LogP contribution in [-0.2, 0) is 4.79 Å². The van der Waals surface area contributed by atoms with Gasteiger partial charge in [-0.3, -0.25) is 9.59 Å². The van der Waals surface area contributed by atoms with Gasteiger partial charge in [-0.25, -0.2) is 0 Å². The lowest BCUT2D eigenvalue weighted by Crippen LogP contribution is -2.17. The van der Waals surface area contributed by atoms with Crippen molar-refractivity contribution in [1.82, 2.24) is 5.32 Å². The summed E-state index contributed by atoms with van der Waals surface area (Å²) in [6.45, 7) is 0.478. The van der Waals surface area contributed by atoms with E-state index in [1.54, 1.807) is 6.07 Å². The van der Waals surface area contributed by atoms with E-state index in [-0.39, 0.29) is 12.8 Å². The molecule has 0 bridgehead atoms. The minimum Gasteiger partial charge on any atom is -0.481 e. The second-order valence-electron chi connectivity index (χ2n) is 4.78. The van der Waals surface area contributed by atoms with Gasteiger partial charge in [0.15, 0.2) is 17.8 Å². The molecule has 0 saturated carbocycles. The number of aliphatic carboxylic acids is 1. The van der Waals surface area contributed by atoms with Crippen LogP contribution >= 0.6 is 15.9 Å². The molecule has 1 aromatic carbocycles. The Morgan fingerprint density at radius 1 is 1.45 bits per heavy atom. The van der Waals surface area contributed by atoms with E-state index in [9.17, 15) is 9.59 Å². The smallest absolute Gasteiger partial charge is 0.307 e. The quantitative estimate of drug-likeness (QED) is 0.814. The van der Waals surface area contributed by atoms with E-state index >= 15 is 0 Å². The number of carboxylic acid groups (broad SMARTS) is 1. The van der Waals surface area contributed by atoms with Gasteiger partial charge >= 0.3 is 5.97 Å². The largest absolute Gasteiger partial charge is 0.481 e. The first kappa shape index (κ1) is 13.4. The van der Waals surface area contributed by atoms with Crippen LogP contribution in [0.15, 0.2) is 10.5 Å². The molecule has 2 heterocycles. The molecule has 106 valence electrons. The summed E-state index contributed by atoms with van der Waals surface area (Å²) in [5, 5.41) is 12.2. The lowest BCUT2D eigenvalue weighted by Gasteiger charge is -2.16. The molecule has 2 aliphatic heterocycles. The summed E-state index contributed by atoms with van der Waals surface area (Å²) in [7, 11) is 0. The topological polar surface area (TPSA) is 84.9 Å². The molecule has 0 aliphatic carbocycles. The van der Waals surface area contributed by atoms with Gasteiger partial charge in [-0.05, 0) is 12.5 Å². The Balaban J connectivity index is 2.01. The van der Waals surface area contributed by atoms with Crippen LogP contribution in [0.2, 0.25) is 0 Å². The molecule has 2 aliphatic rings. The number of rotatable bonds is 3.